The molecule has 2 heterocycles. The molecule has 1 saturated heterocycles. The zero-order valence-corrected chi connectivity index (χ0v) is 20.2. The number of piperazine rings is 1. The first-order chi connectivity index (χ1) is 15.3. The lowest BCUT2D eigenvalue weighted by atomic mass is 10.1. The van der Waals surface area contributed by atoms with E-state index in [-0.39, 0.29) is 5.91 Å². The van der Waals surface area contributed by atoms with Crippen molar-refractivity contribution in [2.75, 3.05) is 31.9 Å². The molecule has 0 unspecified atom stereocenters. The van der Waals surface area contributed by atoms with Crippen LogP contribution in [0.4, 0.5) is 0 Å². The molecule has 10 heteroatoms. The van der Waals surface area contributed by atoms with E-state index in [1.165, 1.54) is 28.9 Å². The van der Waals surface area contributed by atoms with Crippen LogP contribution in [0.1, 0.15) is 54.6 Å². The van der Waals surface area contributed by atoms with Crippen molar-refractivity contribution in [2.24, 2.45) is 0 Å². The number of amides is 1. The van der Waals surface area contributed by atoms with Gasteiger partial charge in [0.1, 0.15) is 5.82 Å². The van der Waals surface area contributed by atoms with E-state index in [0.717, 1.165) is 34.9 Å². The molecular formula is C22H29N5O3S2. The predicted molar refractivity (Wildman–Crippen MR) is 122 cm³/mol. The summed E-state index contributed by atoms with van der Waals surface area (Å²) in [6.07, 6.45) is 4.69. The van der Waals surface area contributed by atoms with Crippen molar-refractivity contribution in [3.63, 3.8) is 0 Å². The third kappa shape index (κ3) is 4.32. The minimum atomic E-state index is -3.54. The highest BCUT2D eigenvalue weighted by Gasteiger charge is 2.37. The molecule has 2 aromatic rings. The Morgan fingerprint density at radius 2 is 1.75 bits per heavy atom. The van der Waals surface area contributed by atoms with Gasteiger partial charge in [-0.3, -0.25) is 4.79 Å². The number of aryl methyl sites for hydroxylation is 2. The molecule has 0 radical (unpaired) electrons. The number of hydrogen-bond acceptors (Lipinski definition) is 6. The minimum absolute atomic E-state index is 0.0246. The van der Waals surface area contributed by atoms with Gasteiger partial charge < -0.3 is 9.47 Å². The Balaban J connectivity index is 1.18. The second-order valence-corrected chi connectivity index (χ2v) is 11.9. The zero-order chi connectivity index (χ0) is 22.5. The molecular weight excluding hydrogens is 446 g/mol. The summed E-state index contributed by atoms with van der Waals surface area (Å²) < 4.78 is 29.8. The number of carbonyl (C=O) groups excluding carboxylic acids is 1. The van der Waals surface area contributed by atoms with Gasteiger partial charge in [-0.15, -0.1) is 10.2 Å². The summed E-state index contributed by atoms with van der Waals surface area (Å²) in [5.74, 6) is 1.96. The normalized spacial score (nSPS) is 20.0. The quantitative estimate of drug-likeness (QED) is 0.572. The van der Waals surface area contributed by atoms with E-state index < -0.39 is 10.0 Å². The lowest BCUT2D eigenvalue weighted by Crippen LogP contribution is -2.51. The van der Waals surface area contributed by atoms with Gasteiger partial charge in [0.25, 0.3) is 0 Å². The van der Waals surface area contributed by atoms with E-state index in [2.05, 4.69) is 14.8 Å². The second kappa shape index (κ2) is 8.46. The first-order valence-electron chi connectivity index (χ1n) is 11.3. The van der Waals surface area contributed by atoms with E-state index >= 15 is 0 Å². The maximum absolute atomic E-state index is 13.0. The van der Waals surface area contributed by atoms with Gasteiger partial charge in [-0.1, -0.05) is 17.8 Å². The summed E-state index contributed by atoms with van der Waals surface area (Å²) in [6.45, 7) is 5.33. The molecule has 0 spiro atoms. The molecule has 3 fully saturated rings. The van der Waals surface area contributed by atoms with Crippen LogP contribution in [0.2, 0.25) is 0 Å². The Bertz CT molecular complexity index is 1130. The molecule has 0 N–H and O–H groups in total. The standard InChI is InChI=1S/C22H29N5O3S2/c1-15-3-8-19(13-16(15)2)32(29,30)26-11-9-25(10-12-26)20(28)14-31-22-24-23-21(17-4-5-17)27(22)18-6-7-18/h3,8,13,17-18H,4-7,9-12,14H2,1-2H3. The minimum Gasteiger partial charge on any atom is -0.339 e. The van der Waals surface area contributed by atoms with Crippen LogP contribution >= 0.6 is 11.8 Å². The lowest BCUT2D eigenvalue weighted by molar-refractivity contribution is -0.129. The fourth-order valence-electron chi connectivity index (χ4n) is 4.10. The van der Waals surface area contributed by atoms with Crippen molar-refractivity contribution < 1.29 is 13.2 Å². The molecule has 8 nitrogen and oxygen atoms in total. The summed E-state index contributed by atoms with van der Waals surface area (Å²) in [5, 5.41) is 9.61. The fraction of sp³-hybridized carbons (Fsp3) is 0.591. The van der Waals surface area contributed by atoms with Crippen molar-refractivity contribution in [1.82, 2.24) is 24.0 Å². The lowest BCUT2D eigenvalue weighted by Gasteiger charge is -2.34. The number of sulfonamides is 1. The highest BCUT2D eigenvalue weighted by atomic mass is 32.2. The molecule has 1 aromatic heterocycles. The van der Waals surface area contributed by atoms with Crippen LogP contribution in [0, 0.1) is 13.8 Å². The Hall–Kier alpha value is -1.91. The summed E-state index contributed by atoms with van der Waals surface area (Å²) in [7, 11) is -3.54. The number of carbonyl (C=O) groups is 1. The average Bonchev–Trinajstić information content (AvgIpc) is 3.72. The molecule has 2 aliphatic carbocycles. The predicted octanol–water partition coefficient (Wildman–Crippen LogP) is 2.73. The van der Waals surface area contributed by atoms with E-state index in [4.69, 9.17) is 0 Å². The van der Waals surface area contributed by atoms with E-state index in [9.17, 15) is 13.2 Å². The van der Waals surface area contributed by atoms with Gasteiger partial charge in [0.15, 0.2) is 5.16 Å². The van der Waals surface area contributed by atoms with Crippen LogP contribution in [0.25, 0.3) is 0 Å². The SMILES string of the molecule is Cc1ccc(S(=O)(=O)N2CCN(C(=O)CSc3nnc(C4CC4)n3C3CC3)CC2)cc1C. The topological polar surface area (TPSA) is 88.4 Å². The van der Waals surface area contributed by atoms with Crippen LogP contribution in [0.5, 0.6) is 0 Å². The Morgan fingerprint density at radius 1 is 1.03 bits per heavy atom. The molecule has 1 amide bonds. The highest BCUT2D eigenvalue weighted by Crippen LogP contribution is 2.46. The Labute approximate surface area is 193 Å². The first kappa shape index (κ1) is 21.9. The largest absolute Gasteiger partial charge is 0.339 e. The summed E-state index contributed by atoms with van der Waals surface area (Å²) >= 11 is 1.46. The molecule has 172 valence electrons. The van der Waals surface area contributed by atoms with Crippen molar-refractivity contribution in [3.05, 3.63) is 35.2 Å². The second-order valence-electron chi connectivity index (χ2n) is 9.04. The number of aromatic nitrogens is 3. The number of nitrogens with zero attached hydrogens (tertiary/aromatic N) is 5. The maximum Gasteiger partial charge on any atom is 0.243 e. The van der Waals surface area contributed by atoms with E-state index in [0.29, 0.717) is 48.8 Å². The van der Waals surface area contributed by atoms with Crippen LogP contribution < -0.4 is 0 Å². The highest BCUT2D eigenvalue weighted by molar-refractivity contribution is 7.99. The van der Waals surface area contributed by atoms with Gasteiger partial charge in [-0.2, -0.15) is 4.31 Å². The van der Waals surface area contributed by atoms with Gasteiger partial charge in [0, 0.05) is 38.1 Å². The van der Waals surface area contributed by atoms with E-state index in [1.807, 2.05) is 19.9 Å². The number of hydrogen-bond donors (Lipinski definition) is 0. The van der Waals surface area contributed by atoms with Gasteiger partial charge in [-0.05, 0) is 62.8 Å². The zero-order valence-electron chi connectivity index (χ0n) is 18.5. The molecule has 1 aliphatic heterocycles. The maximum atomic E-state index is 13.0. The monoisotopic (exact) mass is 475 g/mol. The van der Waals surface area contributed by atoms with Crippen molar-refractivity contribution in [3.8, 4) is 0 Å². The molecule has 2 saturated carbocycles. The molecule has 0 bridgehead atoms. The molecule has 3 aliphatic rings. The first-order valence-corrected chi connectivity index (χ1v) is 13.7. The van der Waals surface area contributed by atoms with Gasteiger partial charge >= 0.3 is 0 Å². The Morgan fingerprint density at radius 3 is 2.38 bits per heavy atom. The van der Waals surface area contributed by atoms with Gasteiger partial charge in [0.05, 0.1) is 10.6 Å². The van der Waals surface area contributed by atoms with Crippen LogP contribution in [0.3, 0.4) is 0 Å². The fourth-order valence-corrected chi connectivity index (χ4v) is 6.52. The summed E-state index contributed by atoms with van der Waals surface area (Å²) in [5.41, 5.74) is 2.03. The van der Waals surface area contributed by atoms with Gasteiger partial charge in [0.2, 0.25) is 15.9 Å². The third-order valence-corrected chi connectivity index (χ3v) is 9.40. The number of thioether (sulfide) groups is 1. The molecule has 0 atom stereocenters. The summed E-state index contributed by atoms with van der Waals surface area (Å²) in [4.78, 5) is 14.9. The smallest absolute Gasteiger partial charge is 0.243 e. The number of rotatable bonds is 7. The Kier molecular flexibility index (Phi) is 5.79. The van der Waals surface area contributed by atoms with Crippen molar-refractivity contribution >= 4 is 27.7 Å². The molecule has 32 heavy (non-hydrogen) atoms. The molecule has 1 aromatic carbocycles. The van der Waals surface area contributed by atoms with Gasteiger partial charge in [-0.25, -0.2) is 8.42 Å². The summed E-state index contributed by atoms with van der Waals surface area (Å²) in [6, 6.07) is 5.73. The number of benzene rings is 1. The van der Waals surface area contributed by atoms with Crippen LogP contribution in [0.15, 0.2) is 28.3 Å². The third-order valence-electron chi connectivity index (χ3n) is 6.58. The average molecular weight is 476 g/mol. The van der Waals surface area contributed by atoms with E-state index in [1.54, 1.807) is 17.0 Å². The van der Waals surface area contributed by atoms with Crippen LogP contribution in [-0.4, -0.2) is 70.2 Å². The molecule has 5 rings (SSSR count). The van der Waals surface area contributed by atoms with Crippen molar-refractivity contribution in [1.29, 1.82) is 0 Å². The van der Waals surface area contributed by atoms with Crippen molar-refractivity contribution in [2.45, 2.75) is 61.5 Å². The van der Waals surface area contributed by atoms with Crippen LogP contribution in [-0.2, 0) is 14.8 Å².